The fraction of sp³-hybridized carbons (Fsp3) is 0. The highest BCUT2D eigenvalue weighted by Crippen LogP contribution is 1.87. The van der Waals surface area contributed by atoms with Gasteiger partial charge in [0.15, 0.2) is 5.69 Å². The van der Waals surface area contributed by atoms with E-state index in [-0.39, 0.29) is 11.2 Å². The Hall–Kier alpha value is -1.49. The molecule has 5 nitrogen and oxygen atoms in total. The van der Waals surface area contributed by atoms with Gasteiger partial charge < -0.3 is 10.6 Å². The molecule has 0 aliphatic heterocycles. The van der Waals surface area contributed by atoms with E-state index < -0.39 is 5.97 Å². The average molecular weight is 142 g/mol. The molecule has 0 fully saturated rings. The van der Waals surface area contributed by atoms with Crippen LogP contribution in [0.25, 0.3) is 0 Å². The summed E-state index contributed by atoms with van der Waals surface area (Å²) >= 11 is 0. The predicted octanol–water partition coefficient (Wildman–Crippen LogP) is -0.650. The molecule has 5 heteroatoms. The van der Waals surface area contributed by atoms with Gasteiger partial charge in [0.2, 0.25) is 0 Å². The summed E-state index contributed by atoms with van der Waals surface area (Å²) in [5.41, 5.74) is 0.0185. The van der Waals surface area contributed by atoms with Crippen LogP contribution >= 0.6 is 0 Å². The smallest absolute Gasteiger partial charge is 0.354 e. The van der Waals surface area contributed by atoms with Crippen molar-refractivity contribution in [2.45, 2.75) is 0 Å². The Kier molecular flexibility index (Phi) is 2.99. The van der Waals surface area contributed by atoms with Crippen LogP contribution in [0.1, 0.15) is 10.5 Å². The summed E-state index contributed by atoms with van der Waals surface area (Å²) in [5, 5.41) is 8.29. The van der Waals surface area contributed by atoms with Gasteiger partial charge in [0, 0.05) is 6.20 Å². The quantitative estimate of drug-likeness (QED) is 0.563. The number of aromatic carboxylic acids is 1. The summed E-state index contributed by atoms with van der Waals surface area (Å²) in [4.78, 5) is 17.1. The SMILES string of the molecule is O.O=C(O)c1ccncn1. The topological polar surface area (TPSA) is 94.6 Å². The van der Waals surface area contributed by atoms with Gasteiger partial charge in [-0.2, -0.15) is 0 Å². The van der Waals surface area contributed by atoms with Gasteiger partial charge in [-0.3, -0.25) is 0 Å². The third-order valence-electron chi connectivity index (χ3n) is 0.801. The number of carboxylic acid groups (broad SMARTS) is 1. The Labute approximate surface area is 56.7 Å². The molecule has 1 aromatic heterocycles. The van der Waals surface area contributed by atoms with Gasteiger partial charge in [0.05, 0.1) is 0 Å². The summed E-state index contributed by atoms with van der Waals surface area (Å²) in [6.07, 6.45) is 2.58. The maximum absolute atomic E-state index is 10.1. The molecular weight excluding hydrogens is 136 g/mol. The van der Waals surface area contributed by atoms with Crippen LogP contribution in [0.5, 0.6) is 0 Å². The van der Waals surface area contributed by atoms with E-state index in [1.165, 1.54) is 18.6 Å². The van der Waals surface area contributed by atoms with E-state index in [4.69, 9.17) is 5.11 Å². The molecule has 1 aromatic rings. The van der Waals surface area contributed by atoms with Gasteiger partial charge in [-0.25, -0.2) is 14.8 Å². The van der Waals surface area contributed by atoms with Crippen molar-refractivity contribution in [1.29, 1.82) is 0 Å². The number of aromatic nitrogens is 2. The number of nitrogens with zero attached hydrogens (tertiary/aromatic N) is 2. The van der Waals surface area contributed by atoms with Crippen LogP contribution in [0.4, 0.5) is 0 Å². The molecule has 3 N–H and O–H groups in total. The molecule has 0 radical (unpaired) electrons. The molecular formula is C5H6N2O3. The maximum Gasteiger partial charge on any atom is 0.354 e. The van der Waals surface area contributed by atoms with Crippen molar-refractivity contribution in [3.63, 3.8) is 0 Å². The zero-order chi connectivity index (χ0) is 6.69. The van der Waals surface area contributed by atoms with E-state index in [0.29, 0.717) is 0 Å². The molecule has 0 aromatic carbocycles. The Morgan fingerprint density at radius 1 is 1.60 bits per heavy atom. The first-order valence-corrected chi connectivity index (χ1v) is 2.30. The predicted molar refractivity (Wildman–Crippen MR) is 32.6 cm³/mol. The molecule has 1 heterocycles. The van der Waals surface area contributed by atoms with E-state index in [9.17, 15) is 4.79 Å². The van der Waals surface area contributed by atoms with Crippen molar-refractivity contribution < 1.29 is 15.4 Å². The van der Waals surface area contributed by atoms with Crippen LogP contribution in [0.3, 0.4) is 0 Å². The standard InChI is InChI=1S/C5H4N2O2.H2O/c8-5(9)4-1-2-6-3-7-4;/h1-3H,(H,8,9);1H2. The second-order valence-electron chi connectivity index (χ2n) is 1.40. The Morgan fingerprint density at radius 2 is 2.30 bits per heavy atom. The van der Waals surface area contributed by atoms with Crippen molar-refractivity contribution in [3.05, 3.63) is 24.3 Å². The molecule has 0 bridgehead atoms. The summed E-state index contributed by atoms with van der Waals surface area (Å²) in [7, 11) is 0. The third-order valence-corrected chi connectivity index (χ3v) is 0.801. The highest BCUT2D eigenvalue weighted by molar-refractivity contribution is 5.84. The molecule has 0 spiro atoms. The molecule has 0 amide bonds. The van der Waals surface area contributed by atoms with Crippen molar-refractivity contribution in [3.8, 4) is 0 Å². The van der Waals surface area contributed by atoms with E-state index in [1.807, 2.05) is 0 Å². The largest absolute Gasteiger partial charge is 0.477 e. The van der Waals surface area contributed by atoms with Crippen LogP contribution in [-0.4, -0.2) is 26.5 Å². The first kappa shape index (κ1) is 8.51. The van der Waals surface area contributed by atoms with E-state index in [1.54, 1.807) is 0 Å². The van der Waals surface area contributed by atoms with Crippen LogP contribution in [-0.2, 0) is 0 Å². The molecule has 0 saturated carbocycles. The Balaban J connectivity index is 0.000000810. The van der Waals surface area contributed by atoms with Crippen molar-refractivity contribution in [2.24, 2.45) is 0 Å². The molecule has 54 valence electrons. The zero-order valence-corrected chi connectivity index (χ0v) is 4.98. The zero-order valence-electron chi connectivity index (χ0n) is 4.98. The summed E-state index contributed by atoms with van der Waals surface area (Å²) in [6.45, 7) is 0. The van der Waals surface area contributed by atoms with Gasteiger partial charge >= 0.3 is 5.97 Å². The molecule has 0 aliphatic carbocycles. The second-order valence-corrected chi connectivity index (χ2v) is 1.40. The lowest BCUT2D eigenvalue weighted by molar-refractivity contribution is 0.0690. The number of hydrogen-bond acceptors (Lipinski definition) is 3. The van der Waals surface area contributed by atoms with Crippen molar-refractivity contribution >= 4 is 5.97 Å². The third kappa shape index (κ3) is 1.79. The normalized spacial score (nSPS) is 8.00. The van der Waals surface area contributed by atoms with Crippen molar-refractivity contribution in [1.82, 2.24) is 9.97 Å². The lowest BCUT2D eigenvalue weighted by Crippen LogP contribution is -1.98. The van der Waals surface area contributed by atoms with Gasteiger partial charge in [0.1, 0.15) is 6.33 Å². The Morgan fingerprint density at radius 3 is 2.60 bits per heavy atom. The fourth-order valence-electron chi connectivity index (χ4n) is 0.417. The lowest BCUT2D eigenvalue weighted by atomic mass is 10.4. The fourth-order valence-corrected chi connectivity index (χ4v) is 0.417. The summed E-state index contributed by atoms with van der Waals surface area (Å²) in [6, 6.07) is 1.34. The van der Waals surface area contributed by atoms with Gasteiger partial charge in [-0.1, -0.05) is 0 Å². The van der Waals surface area contributed by atoms with Crippen LogP contribution in [0.2, 0.25) is 0 Å². The molecule has 0 saturated heterocycles. The first-order valence-electron chi connectivity index (χ1n) is 2.30. The minimum Gasteiger partial charge on any atom is -0.477 e. The minimum atomic E-state index is -1.03. The molecule has 0 aliphatic rings. The lowest BCUT2D eigenvalue weighted by Gasteiger charge is -1.86. The number of carbonyl (C=O) groups is 1. The van der Waals surface area contributed by atoms with Crippen molar-refractivity contribution in [2.75, 3.05) is 0 Å². The van der Waals surface area contributed by atoms with Crippen LogP contribution < -0.4 is 0 Å². The maximum atomic E-state index is 10.1. The van der Waals surface area contributed by atoms with Gasteiger partial charge in [-0.05, 0) is 6.07 Å². The molecule has 0 atom stereocenters. The highest BCUT2D eigenvalue weighted by Gasteiger charge is 1.99. The van der Waals surface area contributed by atoms with E-state index >= 15 is 0 Å². The van der Waals surface area contributed by atoms with Gasteiger partial charge in [0.25, 0.3) is 0 Å². The van der Waals surface area contributed by atoms with Crippen LogP contribution in [0.15, 0.2) is 18.6 Å². The minimum absolute atomic E-state index is 0. The second kappa shape index (κ2) is 3.52. The molecule has 10 heavy (non-hydrogen) atoms. The molecule has 1 rings (SSSR count). The Bertz CT molecular complexity index is 211. The highest BCUT2D eigenvalue weighted by atomic mass is 16.4. The monoisotopic (exact) mass is 142 g/mol. The first-order chi connectivity index (χ1) is 4.30. The molecule has 0 unspecified atom stereocenters. The summed E-state index contributed by atoms with van der Waals surface area (Å²) < 4.78 is 0. The van der Waals surface area contributed by atoms with E-state index in [0.717, 1.165) is 0 Å². The van der Waals surface area contributed by atoms with E-state index in [2.05, 4.69) is 9.97 Å². The number of rotatable bonds is 1. The number of carboxylic acids is 1. The number of hydrogen-bond donors (Lipinski definition) is 1. The summed E-state index contributed by atoms with van der Waals surface area (Å²) in [5.74, 6) is -1.03. The van der Waals surface area contributed by atoms with Gasteiger partial charge in [-0.15, -0.1) is 0 Å². The average Bonchev–Trinajstić information content (AvgIpc) is 1.90. The van der Waals surface area contributed by atoms with Crippen LogP contribution in [0, 0.1) is 0 Å².